The van der Waals surface area contributed by atoms with E-state index < -0.39 is 28.7 Å². The van der Waals surface area contributed by atoms with E-state index in [4.69, 9.17) is 0 Å². The topological polar surface area (TPSA) is 88.9 Å². The lowest BCUT2D eigenvalue weighted by Gasteiger charge is -2.13. The minimum atomic E-state index is -0.842. The van der Waals surface area contributed by atoms with Crippen molar-refractivity contribution in [1.82, 2.24) is 14.5 Å². The van der Waals surface area contributed by atoms with Crippen molar-refractivity contribution in [2.24, 2.45) is 5.92 Å². The largest absolute Gasteiger partial charge is 0.290 e. The van der Waals surface area contributed by atoms with E-state index >= 15 is 0 Å². The van der Waals surface area contributed by atoms with E-state index in [9.17, 15) is 23.2 Å². The molecule has 0 aliphatic carbocycles. The summed E-state index contributed by atoms with van der Waals surface area (Å²) in [6.07, 6.45) is 0. The van der Waals surface area contributed by atoms with Gasteiger partial charge >= 0.3 is 0 Å². The highest BCUT2D eigenvalue weighted by Gasteiger charge is 2.18. The summed E-state index contributed by atoms with van der Waals surface area (Å²) in [5, 5.41) is 2.79. The highest BCUT2D eigenvalue weighted by atomic mass is 19.1. The second-order valence-corrected chi connectivity index (χ2v) is 6.20. The number of rotatable bonds is 3. The first-order valence-corrected chi connectivity index (χ1v) is 7.83. The van der Waals surface area contributed by atoms with Crippen LogP contribution in [0.2, 0.25) is 0 Å². The van der Waals surface area contributed by atoms with Gasteiger partial charge in [-0.05, 0) is 19.1 Å². The molecule has 1 aromatic carbocycles. The molecule has 0 radical (unpaired) electrons. The summed E-state index contributed by atoms with van der Waals surface area (Å²) in [7, 11) is 0. The van der Waals surface area contributed by atoms with Crippen molar-refractivity contribution in [1.29, 1.82) is 0 Å². The van der Waals surface area contributed by atoms with Gasteiger partial charge in [0.25, 0.3) is 11.1 Å². The van der Waals surface area contributed by atoms with Gasteiger partial charge in [0.1, 0.15) is 11.6 Å². The first-order valence-electron chi connectivity index (χ1n) is 7.83. The number of nitrogens with zero attached hydrogens (tertiary/aromatic N) is 2. The molecule has 136 valence electrons. The molecule has 2 N–H and O–H groups in total. The number of carbonyl (C=O) groups excluding carboxylic acids is 1. The highest BCUT2D eigenvalue weighted by molar-refractivity contribution is 5.87. The second-order valence-electron chi connectivity index (χ2n) is 6.20. The third-order valence-electron chi connectivity index (χ3n) is 3.96. The normalized spacial score (nSPS) is 11.3. The molecule has 0 aliphatic heterocycles. The molecular weight excluding hydrogens is 346 g/mol. The fraction of sp³-hybridized carbons (Fsp3) is 0.235. The van der Waals surface area contributed by atoms with Crippen LogP contribution in [0.4, 0.5) is 8.78 Å². The lowest BCUT2D eigenvalue weighted by Crippen LogP contribution is -2.36. The number of carbonyl (C=O) groups is 1. The van der Waals surface area contributed by atoms with Crippen LogP contribution in [0, 0.1) is 24.5 Å². The maximum Gasteiger partial charge on any atom is 0.280 e. The number of hydrogen-bond donors (Lipinski definition) is 2. The zero-order chi connectivity index (χ0) is 19.2. The standard InChI is InChI=1S/C17H16F2N4O3/c1-8(2)16(25)21-22-9(3)15-13(7-14(22)24)20-23(17(15)26)12-5-10(18)4-11(19)6-12/h4-8,20H,1-3H3,(H,21,25). The number of halogens is 2. The van der Waals surface area contributed by atoms with E-state index in [2.05, 4.69) is 10.5 Å². The molecular formula is C17H16F2N4O3. The average Bonchev–Trinajstić information content (AvgIpc) is 2.86. The fourth-order valence-corrected chi connectivity index (χ4v) is 2.60. The number of benzene rings is 1. The van der Waals surface area contributed by atoms with Crippen molar-refractivity contribution in [2.45, 2.75) is 20.8 Å². The molecule has 3 aromatic rings. The summed E-state index contributed by atoms with van der Waals surface area (Å²) in [5.74, 6) is -2.44. The fourth-order valence-electron chi connectivity index (χ4n) is 2.60. The van der Waals surface area contributed by atoms with Gasteiger partial charge in [0.2, 0.25) is 5.91 Å². The molecule has 9 heteroatoms. The summed E-state index contributed by atoms with van der Waals surface area (Å²) < 4.78 is 28.8. The van der Waals surface area contributed by atoms with Gasteiger partial charge in [0, 0.05) is 18.1 Å². The number of amides is 1. The lowest BCUT2D eigenvalue weighted by molar-refractivity contribution is -0.119. The van der Waals surface area contributed by atoms with E-state index in [1.807, 2.05) is 0 Å². The van der Waals surface area contributed by atoms with Gasteiger partial charge < -0.3 is 0 Å². The zero-order valence-corrected chi connectivity index (χ0v) is 14.3. The monoisotopic (exact) mass is 362 g/mol. The summed E-state index contributed by atoms with van der Waals surface area (Å²) in [5.41, 5.74) is 1.64. The Morgan fingerprint density at radius 3 is 2.31 bits per heavy atom. The first-order chi connectivity index (χ1) is 12.2. The Hall–Kier alpha value is -3.23. The van der Waals surface area contributed by atoms with Crippen LogP contribution in [0.25, 0.3) is 16.6 Å². The number of fused-ring (bicyclic) bond motifs is 1. The minimum Gasteiger partial charge on any atom is -0.290 e. The minimum absolute atomic E-state index is 0.0479. The number of aromatic nitrogens is 3. The van der Waals surface area contributed by atoms with E-state index in [0.29, 0.717) is 6.07 Å². The maximum atomic E-state index is 13.5. The molecule has 0 aliphatic rings. The van der Waals surface area contributed by atoms with Gasteiger partial charge in [0.15, 0.2) is 0 Å². The number of pyridine rings is 1. The van der Waals surface area contributed by atoms with Crippen molar-refractivity contribution in [3.8, 4) is 5.69 Å². The first kappa shape index (κ1) is 17.6. The van der Waals surface area contributed by atoms with Gasteiger partial charge in [-0.25, -0.2) is 18.1 Å². The Balaban J connectivity index is 2.24. The van der Waals surface area contributed by atoms with Crippen molar-refractivity contribution in [3.63, 3.8) is 0 Å². The number of nitrogens with one attached hydrogen (secondary N) is 2. The predicted octanol–water partition coefficient (Wildman–Crippen LogP) is 1.79. The predicted molar refractivity (Wildman–Crippen MR) is 92.0 cm³/mol. The quantitative estimate of drug-likeness (QED) is 0.745. The Kier molecular flexibility index (Phi) is 4.23. The Labute approximate surface area is 145 Å². The summed E-state index contributed by atoms with van der Waals surface area (Å²) >= 11 is 0. The van der Waals surface area contributed by atoms with Gasteiger partial charge in [-0.1, -0.05) is 13.8 Å². The van der Waals surface area contributed by atoms with Crippen LogP contribution in [0.1, 0.15) is 19.5 Å². The third kappa shape index (κ3) is 2.92. The molecule has 7 nitrogen and oxygen atoms in total. The van der Waals surface area contributed by atoms with Crippen LogP contribution in [-0.2, 0) is 4.79 Å². The number of hydrogen-bond acceptors (Lipinski definition) is 3. The van der Waals surface area contributed by atoms with Crippen LogP contribution in [0.5, 0.6) is 0 Å². The summed E-state index contributed by atoms with van der Waals surface area (Å²) in [4.78, 5) is 36.9. The Morgan fingerprint density at radius 2 is 1.73 bits per heavy atom. The van der Waals surface area contributed by atoms with Crippen molar-refractivity contribution in [3.05, 3.63) is 62.3 Å². The molecule has 0 saturated carbocycles. The van der Waals surface area contributed by atoms with Gasteiger partial charge in [-0.2, -0.15) is 0 Å². The van der Waals surface area contributed by atoms with E-state index in [0.717, 1.165) is 27.6 Å². The second kappa shape index (κ2) is 6.25. The smallest absolute Gasteiger partial charge is 0.280 e. The molecule has 0 fully saturated rings. The van der Waals surface area contributed by atoms with E-state index in [-0.39, 0.29) is 28.2 Å². The number of aryl methyl sites for hydroxylation is 1. The van der Waals surface area contributed by atoms with E-state index in [1.54, 1.807) is 13.8 Å². The van der Waals surface area contributed by atoms with Crippen LogP contribution >= 0.6 is 0 Å². The van der Waals surface area contributed by atoms with Crippen molar-refractivity contribution in [2.75, 3.05) is 5.43 Å². The molecule has 2 aromatic heterocycles. The van der Waals surface area contributed by atoms with Crippen LogP contribution in [-0.4, -0.2) is 20.4 Å². The SMILES string of the molecule is Cc1c2c(=O)n(-c3cc(F)cc(F)c3)[nH]c2cc(=O)n1NC(=O)C(C)C. The van der Waals surface area contributed by atoms with Crippen molar-refractivity contribution < 1.29 is 13.6 Å². The van der Waals surface area contributed by atoms with Crippen LogP contribution in [0.15, 0.2) is 33.9 Å². The van der Waals surface area contributed by atoms with Crippen LogP contribution in [0.3, 0.4) is 0 Å². The molecule has 1 amide bonds. The summed E-state index contributed by atoms with van der Waals surface area (Å²) in [6.45, 7) is 4.82. The van der Waals surface area contributed by atoms with Gasteiger partial charge in [-0.3, -0.25) is 24.9 Å². The van der Waals surface area contributed by atoms with Gasteiger partial charge in [-0.15, -0.1) is 0 Å². The average molecular weight is 362 g/mol. The summed E-state index contributed by atoms with van der Waals surface area (Å²) in [6, 6.07) is 3.80. The molecule has 2 heterocycles. The van der Waals surface area contributed by atoms with Crippen LogP contribution < -0.4 is 16.5 Å². The number of H-pyrrole nitrogens is 1. The third-order valence-corrected chi connectivity index (χ3v) is 3.96. The highest BCUT2D eigenvalue weighted by Crippen LogP contribution is 2.15. The molecule has 0 bridgehead atoms. The van der Waals surface area contributed by atoms with Gasteiger partial charge in [0.05, 0.1) is 22.3 Å². The molecule has 3 rings (SSSR count). The molecule has 26 heavy (non-hydrogen) atoms. The molecule has 0 atom stereocenters. The molecule has 0 unspecified atom stereocenters. The van der Waals surface area contributed by atoms with E-state index in [1.165, 1.54) is 6.92 Å². The number of aromatic amines is 1. The molecule has 0 spiro atoms. The maximum absolute atomic E-state index is 13.5. The molecule has 0 saturated heterocycles. The Bertz CT molecular complexity index is 1120. The lowest BCUT2D eigenvalue weighted by atomic mass is 10.2. The Morgan fingerprint density at radius 1 is 1.12 bits per heavy atom. The van der Waals surface area contributed by atoms with Crippen molar-refractivity contribution >= 4 is 16.8 Å². The zero-order valence-electron chi connectivity index (χ0n) is 14.3.